The number of aliphatic hydroxyl groups excluding tert-OH is 1. The second-order valence-electron chi connectivity index (χ2n) is 6.56. The molecule has 0 spiro atoms. The minimum atomic E-state index is -0.972. The lowest BCUT2D eigenvalue weighted by molar-refractivity contribution is -0.135. The summed E-state index contributed by atoms with van der Waals surface area (Å²) in [5.41, 5.74) is 0.324. The van der Waals surface area contributed by atoms with Gasteiger partial charge in [0, 0.05) is 0 Å². The van der Waals surface area contributed by atoms with Crippen molar-refractivity contribution in [2.75, 3.05) is 0 Å². The van der Waals surface area contributed by atoms with E-state index < -0.39 is 12.1 Å². The van der Waals surface area contributed by atoms with Gasteiger partial charge in [-0.1, -0.05) is 33.3 Å². The first-order valence-corrected chi connectivity index (χ1v) is 6.40. The van der Waals surface area contributed by atoms with Crippen LogP contribution in [0.1, 0.15) is 46.5 Å². The molecule has 0 amide bonds. The molecule has 0 aliphatic heterocycles. The molecule has 0 aromatic rings. The predicted octanol–water partition coefficient (Wildman–Crippen LogP) is 2.59. The Kier molecular flexibility index (Phi) is 2.85. The average Bonchev–Trinajstić information content (AvgIpc) is 2.19. The maximum atomic E-state index is 11.1. The summed E-state index contributed by atoms with van der Waals surface area (Å²) in [4.78, 5) is 11.1. The third-order valence-electron chi connectivity index (χ3n) is 4.83. The number of fused-ring (bicyclic) bond motifs is 1. The number of hydrogen-bond acceptors (Lipinski definition) is 2. The molecular weight excluding hydrogens is 216 g/mol. The van der Waals surface area contributed by atoms with E-state index in [0.29, 0.717) is 12.3 Å². The van der Waals surface area contributed by atoms with E-state index in [-0.39, 0.29) is 16.4 Å². The van der Waals surface area contributed by atoms with Gasteiger partial charge in [-0.2, -0.15) is 0 Å². The van der Waals surface area contributed by atoms with Crippen LogP contribution in [-0.4, -0.2) is 22.3 Å². The Labute approximate surface area is 103 Å². The van der Waals surface area contributed by atoms with Crippen LogP contribution < -0.4 is 0 Å². The van der Waals surface area contributed by atoms with Crippen molar-refractivity contribution in [2.45, 2.75) is 52.6 Å². The third-order valence-corrected chi connectivity index (χ3v) is 4.83. The zero-order valence-corrected chi connectivity index (χ0v) is 10.9. The van der Waals surface area contributed by atoms with Crippen LogP contribution in [0.2, 0.25) is 0 Å². The molecule has 0 saturated heterocycles. The smallest absolute Gasteiger partial charge is 0.333 e. The van der Waals surface area contributed by atoms with Gasteiger partial charge in [0.25, 0.3) is 0 Å². The highest BCUT2D eigenvalue weighted by Crippen LogP contribution is 2.56. The highest BCUT2D eigenvalue weighted by Gasteiger charge is 2.49. The number of rotatable bonds is 1. The number of aliphatic carboxylic acids is 1. The highest BCUT2D eigenvalue weighted by atomic mass is 16.4. The van der Waals surface area contributed by atoms with Gasteiger partial charge in [-0.3, -0.25) is 0 Å². The SMILES string of the molecule is CC1(C)CCCC2(C)C=C(C(=O)O)C(O)CC12. The summed E-state index contributed by atoms with van der Waals surface area (Å²) in [5.74, 6) is -0.595. The number of aliphatic hydroxyl groups is 1. The van der Waals surface area contributed by atoms with Gasteiger partial charge in [-0.15, -0.1) is 0 Å². The molecule has 3 atom stereocenters. The van der Waals surface area contributed by atoms with Gasteiger partial charge >= 0.3 is 5.97 Å². The number of hydrogen-bond donors (Lipinski definition) is 2. The van der Waals surface area contributed by atoms with Gasteiger partial charge in [0.15, 0.2) is 0 Å². The largest absolute Gasteiger partial charge is 0.478 e. The van der Waals surface area contributed by atoms with E-state index >= 15 is 0 Å². The predicted molar refractivity (Wildman–Crippen MR) is 65.6 cm³/mol. The lowest BCUT2D eigenvalue weighted by Gasteiger charge is -2.52. The maximum Gasteiger partial charge on any atom is 0.333 e. The zero-order valence-electron chi connectivity index (χ0n) is 10.9. The first kappa shape index (κ1) is 12.6. The van der Waals surface area contributed by atoms with Gasteiger partial charge in [-0.25, -0.2) is 4.79 Å². The monoisotopic (exact) mass is 238 g/mol. The van der Waals surface area contributed by atoms with Crippen LogP contribution in [0.4, 0.5) is 0 Å². The standard InChI is InChI=1S/C14H22O3/c1-13(2)5-4-6-14(3)8-9(12(16)17)10(15)7-11(13)14/h8,10-11,15H,4-7H2,1-3H3,(H,16,17). The second-order valence-corrected chi connectivity index (χ2v) is 6.56. The summed E-state index contributed by atoms with van der Waals surface area (Å²) in [7, 11) is 0. The number of allylic oxidation sites excluding steroid dienone is 1. The lowest BCUT2D eigenvalue weighted by atomic mass is 9.52. The van der Waals surface area contributed by atoms with E-state index in [1.54, 1.807) is 0 Å². The van der Waals surface area contributed by atoms with Gasteiger partial charge in [0.2, 0.25) is 0 Å². The highest BCUT2D eigenvalue weighted by molar-refractivity contribution is 5.88. The second kappa shape index (κ2) is 3.84. The quantitative estimate of drug-likeness (QED) is 0.738. The molecule has 0 bridgehead atoms. The molecule has 0 radical (unpaired) electrons. The van der Waals surface area contributed by atoms with Gasteiger partial charge in [0.05, 0.1) is 11.7 Å². The molecule has 3 nitrogen and oxygen atoms in total. The molecule has 2 N–H and O–H groups in total. The summed E-state index contributed by atoms with van der Waals surface area (Å²) in [5, 5.41) is 19.1. The van der Waals surface area contributed by atoms with Crippen molar-refractivity contribution in [3.8, 4) is 0 Å². The Balaban J connectivity index is 2.41. The Morgan fingerprint density at radius 3 is 2.59 bits per heavy atom. The Hall–Kier alpha value is -0.830. The first-order chi connectivity index (χ1) is 7.76. The van der Waals surface area contributed by atoms with Crippen molar-refractivity contribution < 1.29 is 15.0 Å². The molecule has 2 aliphatic carbocycles. The molecule has 3 unspecified atom stereocenters. The van der Waals surface area contributed by atoms with Crippen molar-refractivity contribution in [2.24, 2.45) is 16.7 Å². The fourth-order valence-electron chi connectivity index (χ4n) is 3.93. The van der Waals surface area contributed by atoms with Gasteiger partial charge < -0.3 is 10.2 Å². The van der Waals surface area contributed by atoms with E-state index in [1.807, 2.05) is 6.08 Å². The van der Waals surface area contributed by atoms with Crippen molar-refractivity contribution in [3.63, 3.8) is 0 Å². The summed E-state index contributed by atoms with van der Waals surface area (Å²) < 4.78 is 0. The Morgan fingerprint density at radius 2 is 2.00 bits per heavy atom. The number of carboxylic acids is 1. The fraction of sp³-hybridized carbons (Fsp3) is 0.786. The molecule has 2 aliphatic rings. The molecule has 17 heavy (non-hydrogen) atoms. The molecule has 96 valence electrons. The summed E-state index contributed by atoms with van der Waals surface area (Å²) in [6, 6.07) is 0. The van der Waals surface area contributed by atoms with Crippen LogP contribution >= 0.6 is 0 Å². The zero-order chi connectivity index (χ0) is 12.8. The number of carbonyl (C=O) groups is 1. The van der Waals surface area contributed by atoms with E-state index in [2.05, 4.69) is 20.8 Å². The van der Waals surface area contributed by atoms with Crippen LogP contribution in [0.15, 0.2) is 11.6 Å². The van der Waals surface area contributed by atoms with E-state index in [0.717, 1.165) is 19.3 Å². The topological polar surface area (TPSA) is 57.5 Å². The van der Waals surface area contributed by atoms with Crippen molar-refractivity contribution >= 4 is 5.97 Å². The average molecular weight is 238 g/mol. The van der Waals surface area contributed by atoms with Crippen molar-refractivity contribution in [3.05, 3.63) is 11.6 Å². The molecular formula is C14H22O3. The minimum Gasteiger partial charge on any atom is -0.478 e. The third kappa shape index (κ3) is 2.01. The van der Waals surface area contributed by atoms with Gasteiger partial charge in [-0.05, 0) is 36.0 Å². The first-order valence-electron chi connectivity index (χ1n) is 6.40. The van der Waals surface area contributed by atoms with E-state index in [9.17, 15) is 9.90 Å². The van der Waals surface area contributed by atoms with Crippen LogP contribution in [-0.2, 0) is 4.79 Å². The molecule has 0 aromatic carbocycles. The molecule has 2 rings (SSSR count). The summed E-state index contributed by atoms with van der Waals surface area (Å²) in [6.07, 6.45) is 4.94. The fourth-order valence-corrected chi connectivity index (χ4v) is 3.93. The van der Waals surface area contributed by atoms with Crippen LogP contribution in [0.5, 0.6) is 0 Å². The normalized spacial score (nSPS) is 40.4. The van der Waals surface area contributed by atoms with E-state index in [1.165, 1.54) is 0 Å². The Bertz CT molecular complexity index is 370. The van der Waals surface area contributed by atoms with E-state index in [4.69, 9.17) is 5.11 Å². The molecule has 0 heterocycles. The summed E-state index contributed by atoms with van der Waals surface area (Å²) >= 11 is 0. The van der Waals surface area contributed by atoms with Crippen LogP contribution in [0, 0.1) is 16.7 Å². The van der Waals surface area contributed by atoms with Crippen molar-refractivity contribution in [1.82, 2.24) is 0 Å². The lowest BCUT2D eigenvalue weighted by Crippen LogP contribution is -2.46. The molecule has 3 heteroatoms. The van der Waals surface area contributed by atoms with Crippen LogP contribution in [0.3, 0.4) is 0 Å². The molecule has 1 saturated carbocycles. The number of carboxylic acid groups (broad SMARTS) is 1. The molecule has 0 aromatic heterocycles. The summed E-state index contributed by atoms with van der Waals surface area (Å²) in [6.45, 7) is 6.62. The Morgan fingerprint density at radius 1 is 1.35 bits per heavy atom. The van der Waals surface area contributed by atoms with Crippen molar-refractivity contribution in [1.29, 1.82) is 0 Å². The van der Waals surface area contributed by atoms with Crippen LogP contribution in [0.25, 0.3) is 0 Å². The minimum absolute atomic E-state index is 0.0608. The molecule has 1 fully saturated rings. The maximum absolute atomic E-state index is 11.1. The van der Waals surface area contributed by atoms with Gasteiger partial charge in [0.1, 0.15) is 0 Å².